The molecule has 0 atom stereocenters. The summed E-state index contributed by atoms with van der Waals surface area (Å²) in [5, 5.41) is 5.90. The third-order valence-electron chi connectivity index (χ3n) is 5.06. The molecule has 26 heavy (non-hydrogen) atoms. The van der Waals surface area contributed by atoms with Gasteiger partial charge in [0.25, 0.3) is 0 Å². The molecule has 2 aromatic rings. The van der Waals surface area contributed by atoms with Gasteiger partial charge >= 0.3 is 6.03 Å². The number of rotatable bonds is 7. The van der Waals surface area contributed by atoms with Gasteiger partial charge in [0.05, 0.1) is 14.2 Å². The predicted molar refractivity (Wildman–Crippen MR) is 103 cm³/mol. The van der Waals surface area contributed by atoms with E-state index < -0.39 is 0 Å². The van der Waals surface area contributed by atoms with Gasteiger partial charge in [-0.05, 0) is 54.7 Å². The van der Waals surface area contributed by atoms with E-state index in [0.29, 0.717) is 12.3 Å². The minimum absolute atomic E-state index is 0.0110. The third-order valence-corrected chi connectivity index (χ3v) is 5.06. The third kappa shape index (κ3) is 3.93. The fourth-order valence-electron chi connectivity index (χ4n) is 3.13. The van der Waals surface area contributed by atoms with Crippen molar-refractivity contribution in [2.45, 2.75) is 31.6 Å². The minimum atomic E-state index is -0.180. The van der Waals surface area contributed by atoms with Crippen LogP contribution in [-0.2, 0) is 11.8 Å². The van der Waals surface area contributed by atoms with Gasteiger partial charge in [0.15, 0.2) is 11.5 Å². The molecule has 0 bridgehead atoms. The van der Waals surface area contributed by atoms with Gasteiger partial charge in [-0.1, -0.05) is 25.1 Å². The summed E-state index contributed by atoms with van der Waals surface area (Å²) in [5.74, 6) is 1.44. The van der Waals surface area contributed by atoms with E-state index in [1.807, 2.05) is 36.4 Å². The van der Waals surface area contributed by atoms with E-state index in [1.54, 1.807) is 14.2 Å². The van der Waals surface area contributed by atoms with Gasteiger partial charge in [-0.25, -0.2) is 4.79 Å². The number of methoxy groups -OCH3 is 2. The summed E-state index contributed by atoms with van der Waals surface area (Å²) in [6.45, 7) is 2.71. The molecular formula is C21H26N2O3. The molecule has 1 saturated carbocycles. The van der Waals surface area contributed by atoms with Crippen LogP contribution in [-0.4, -0.2) is 26.8 Å². The summed E-state index contributed by atoms with van der Waals surface area (Å²) in [7, 11) is 3.26. The standard InChI is InChI=1S/C21H26N2O3/c1-4-15-5-8-17(9-6-15)23-20(24)22-14-21(11-12-21)16-7-10-18(25-2)19(13-16)26-3/h5-10,13H,4,11-12,14H2,1-3H3,(H2,22,23,24). The minimum Gasteiger partial charge on any atom is -0.493 e. The first-order valence-corrected chi connectivity index (χ1v) is 8.96. The highest BCUT2D eigenvalue weighted by Gasteiger charge is 2.44. The van der Waals surface area contributed by atoms with Crippen LogP contribution in [0.15, 0.2) is 42.5 Å². The lowest BCUT2D eigenvalue weighted by molar-refractivity contribution is 0.251. The van der Waals surface area contributed by atoms with Crippen LogP contribution in [0.2, 0.25) is 0 Å². The Kier molecular flexibility index (Phi) is 5.35. The number of hydrogen-bond acceptors (Lipinski definition) is 3. The number of anilines is 1. The molecule has 1 aliphatic carbocycles. The van der Waals surface area contributed by atoms with Gasteiger partial charge in [-0.15, -0.1) is 0 Å². The first-order chi connectivity index (χ1) is 12.6. The maximum Gasteiger partial charge on any atom is 0.319 e. The van der Waals surface area contributed by atoms with Gasteiger partial charge in [0, 0.05) is 17.6 Å². The maximum absolute atomic E-state index is 12.2. The van der Waals surface area contributed by atoms with Crippen LogP contribution in [0.3, 0.4) is 0 Å². The van der Waals surface area contributed by atoms with Crippen molar-refractivity contribution in [2.75, 3.05) is 26.1 Å². The summed E-state index contributed by atoms with van der Waals surface area (Å²) in [5.41, 5.74) is 3.21. The molecule has 1 aliphatic rings. The van der Waals surface area contributed by atoms with E-state index in [9.17, 15) is 4.79 Å². The fraction of sp³-hybridized carbons (Fsp3) is 0.381. The topological polar surface area (TPSA) is 59.6 Å². The number of ether oxygens (including phenoxy) is 2. The highest BCUT2D eigenvalue weighted by molar-refractivity contribution is 5.89. The van der Waals surface area contributed by atoms with Crippen molar-refractivity contribution in [3.63, 3.8) is 0 Å². The van der Waals surface area contributed by atoms with Crippen molar-refractivity contribution in [3.05, 3.63) is 53.6 Å². The summed E-state index contributed by atoms with van der Waals surface area (Å²) in [6.07, 6.45) is 3.09. The molecule has 1 fully saturated rings. The number of aryl methyl sites for hydroxylation is 1. The Morgan fingerprint density at radius 3 is 2.31 bits per heavy atom. The predicted octanol–water partition coefficient (Wildman–Crippen LogP) is 4.12. The summed E-state index contributed by atoms with van der Waals surface area (Å²) in [6, 6.07) is 13.7. The van der Waals surface area contributed by atoms with Gasteiger partial charge in [-0.2, -0.15) is 0 Å². The smallest absolute Gasteiger partial charge is 0.319 e. The van der Waals surface area contributed by atoms with Crippen LogP contribution in [0, 0.1) is 0 Å². The highest BCUT2D eigenvalue weighted by Crippen LogP contribution is 2.49. The number of amides is 2. The van der Waals surface area contributed by atoms with E-state index in [1.165, 1.54) is 11.1 Å². The van der Waals surface area contributed by atoms with Crippen LogP contribution >= 0.6 is 0 Å². The van der Waals surface area contributed by atoms with Crippen molar-refractivity contribution in [3.8, 4) is 11.5 Å². The molecule has 0 radical (unpaired) electrons. The van der Waals surface area contributed by atoms with Crippen LogP contribution in [0.5, 0.6) is 11.5 Å². The quantitative estimate of drug-likeness (QED) is 0.786. The van der Waals surface area contributed by atoms with E-state index in [4.69, 9.17) is 9.47 Å². The van der Waals surface area contributed by atoms with Gasteiger partial charge in [-0.3, -0.25) is 0 Å². The summed E-state index contributed by atoms with van der Waals surface area (Å²) in [4.78, 5) is 12.2. The molecule has 2 amide bonds. The van der Waals surface area contributed by atoms with E-state index in [2.05, 4.69) is 23.6 Å². The van der Waals surface area contributed by atoms with Gasteiger partial charge in [0.2, 0.25) is 0 Å². The lowest BCUT2D eigenvalue weighted by atomic mass is 9.95. The SMILES string of the molecule is CCc1ccc(NC(=O)NCC2(c3ccc(OC)c(OC)c3)CC2)cc1. The second-order valence-corrected chi connectivity index (χ2v) is 6.71. The normalized spacial score (nSPS) is 14.4. The molecule has 0 unspecified atom stereocenters. The average molecular weight is 354 g/mol. The van der Waals surface area contributed by atoms with Crippen molar-refractivity contribution in [2.24, 2.45) is 0 Å². The van der Waals surface area contributed by atoms with Crippen molar-refractivity contribution < 1.29 is 14.3 Å². The molecule has 5 nitrogen and oxygen atoms in total. The largest absolute Gasteiger partial charge is 0.493 e. The number of benzene rings is 2. The van der Waals surface area contributed by atoms with Crippen molar-refractivity contribution in [1.82, 2.24) is 5.32 Å². The molecule has 0 spiro atoms. The van der Waals surface area contributed by atoms with Crippen LogP contribution in [0.4, 0.5) is 10.5 Å². The van der Waals surface area contributed by atoms with E-state index in [0.717, 1.165) is 30.7 Å². The van der Waals surface area contributed by atoms with Crippen LogP contribution < -0.4 is 20.1 Å². The Balaban J connectivity index is 1.60. The molecule has 5 heteroatoms. The Bertz CT molecular complexity index is 767. The van der Waals surface area contributed by atoms with E-state index in [-0.39, 0.29) is 11.4 Å². The molecular weight excluding hydrogens is 328 g/mol. The Hall–Kier alpha value is -2.69. The molecule has 0 aromatic heterocycles. The molecule has 2 N–H and O–H groups in total. The highest BCUT2D eigenvalue weighted by atomic mass is 16.5. The molecule has 3 rings (SSSR count). The second kappa shape index (κ2) is 7.68. The first-order valence-electron chi connectivity index (χ1n) is 8.96. The number of carbonyl (C=O) groups is 1. The maximum atomic E-state index is 12.2. The fourth-order valence-corrected chi connectivity index (χ4v) is 3.13. The lowest BCUT2D eigenvalue weighted by Gasteiger charge is -2.19. The number of nitrogens with one attached hydrogen (secondary N) is 2. The van der Waals surface area contributed by atoms with Gasteiger partial charge in [0.1, 0.15) is 0 Å². The van der Waals surface area contributed by atoms with E-state index >= 15 is 0 Å². The average Bonchev–Trinajstić information content (AvgIpc) is 3.47. The zero-order chi connectivity index (χ0) is 18.6. The van der Waals surface area contributed by atoms with Crippen molar-refractivity contribution >= 4 is 11.7 Å². The number of carbonyl (C=O) groups excluding carboxylic acids is 1. The molecule has 0 aliphatic heterocycles. The monoisotopic (exact) mass is 354 g/mol. The van der Waals surface area contributed by atoms with Crippen LogP contribution in [0.25, 0.3) is 0 Å². The Morgan fingerprint density at radius 2 is 1.73 bits per heavy atom. The first kappa shape index (κ1) is 18.1. The summed E-state index contributed by atoms with van der Waals surface area (Å²) >= 11 is 0. The summed E-state index contributed by atoms with van der Waals surface area (Å²) < 4.78 is 10.7. The molecule has 138 valence electrons. The van der Waals surface area contributed by atoms with Gasteiger partial charge < -0.3 is 20.1 Å². The molecule has 0 heterocycles. The zero-order valence-electron chi connectivity index (χ0n) is 15.6. The van der Waals surface area contributed by atoms with Crippen molar-refractivity contribution in [1.29, 1.82) is 0 Å². The molecule has 2 aromatic carbocycles. The second-order valence-electron chi connectivity index (χ2n) is 6.71. The Morgan fingerprint density at radius 1 is 1.04 bits per heavy atom. The Labute approximate surface area is 154 Å². The lowest BCUT2D eigenvalue weighted by Crippen LogP contribution is -2.35. The zero-order valence-corrected chi connectivity index (χ0v) is 15.6. The van der Waals surface area contributed by atoms with Crippen LogP contribution in [0.1, 0.15) is 30.9 Å². The number of hydrogen-bond donors (Lipinski definition) is 2. The molecule has 0 saturated heterocycles. The number of urea groups is 1.